The van der Waals surface area contributed by atoms with E-state index in [1.54, 1.807) is 7.11 Å². The molecule has 1 aromatic heterocycles. The summed E-state index contributed by atoms with van der Waals surface area (Å²) in [6.07, 6.45) is 0. The van der Waals surface area contributed by atoms with E-state index in [1.807, 2.05) is 63.2 Å². The number of hydrogen-bond donors (Lipinski definition) is 1. The summed E-state index contributed by atoms with van der Waals surface area (Å²) in [5.74, 6) is 1.13. The largest absolute Gasteiger partial charge is 0.497 e. The van der Waals surface area contributed by atoms with Crippen molar-refractivity contribution < 1.29 is 14.3 Å². The van der Waals surface area contributed by atoms with E-state index in [9.17, 15) is 4.79 Å². The number of ether oxygens (including phenoxy) is 2. The third-order valence-electron chi connectivity index (χ3n) is 4.21. The molecule has 1 N–H and O–H groups in total. The average molecular weight is 350 g/mol. The Labute approximate surface area is 153 Å². The number of aromatic nitrogens is 1. The van der Waals surface area contributed by atoms with Crippen molar-refractivity contribution in [2.24, 2.45) is 0 Å². The number of benzene rings is 2. The molecule has 0 aliphatic rings. The molecule has 2 aromatic carbocycles. The Morgan fingerprint density at radius 2 is 1.81 bits per heavy atom. The molecular weight excluding hydrogens is 328 g/mol. The minimum atomic E-state index is -0.201. The maximum atomic E-state index is 12.4. The first-order valence-corrected chi connectivity index (χ1v) is 8.42. The predicted molar refractivity (Wildman–Crippen MR) is 103 cm³/mol. The molecule has 3 aromatic rings. The molecule has 1 heterocycles. The Balaban J connectivity index is 1.80. The van der Waals surface area contributed by atoms with E-state index in [0.29, 0.717) is 11.5 Å². The maximum Gasteiger partial charge on any atom is 0.262 e. The van der Waals surface area contributed by atoms with Gasteiger partial charge in [-0.05, 0) is 50.1 Å². The van der Waals surface area contributed by atoms with Gasteiger partial charge in [-0.15, -0.1) is 0 Å². The summed E-state index contributed by atoms with van der Waals surface area (Å²) in [5, 5.41) is 3.74. The number of para-hydroxylation sites is 1. The lowest BCUT2D eigenvalue weighted by Crippen LogP contribution is -2.21. The average Bonchev–Trinajstić information content (AvgIpc) is 2.62. The molecule has 0 saturated heterocycles. The monoisotopic (exact) mass is 350 g/mol. The highest BCUT2D eigenvalue weighted by Crippen LogP contribution is 2.29. The second-order valence-corrected chi connectivity index (χ2v) is 6.25. The lowest BCUT2D eigenvalue weighted by molar-refractivity contribution is -0.118. The summed E-state index contributed by atoms with van der Waals surface area (Å²) >= 11 is 0. The van der Waals surface area contributed by atoms with Crippen LogP contribution in [-0.4, -0.2) is 24.6 Å². The Hall–Kier alpha value is -3.08. The first-order chi connectivity index (χ1) is 12.5. The predicted octanol–water partition coefficient (Wildman–Crippen LogP) is 4.19. The summed E-state index contributed by atoms with van der Waals surface area (Å²) in [6, 6.07) is 13.3. The molecule has 0 spiro atoms. The van der Waals surface area contributed by atoms with Gasteiger partial charge < -0.3 is 14.8 Å². The van der Waals surface area contributed by atoms with Gasteiger partial charge in [0, 0.05) is 22.8 Å². The molecule has 0 aliphatic carbocycles. The van der Waals surface area contributed by atoms with Crippen molar-refractivity contribution in [1.29, 1.82) is 0 Å². The number of pyridine rings is 1. The van der Waals surface area contributed by atoms with Crippen LogP contribution in [0.25, 0.3) is 10.9 Å². The summed E-state index contributed by atoms with van der Waals surface area (Å²) in [5.41, 5.74) is 4.50. The van der Waals surface area contributed by atoms with Crippen LogP contribution in [0.4, 0.5) is 5.69 Å². The number of aryl methyl sites for hydroxylation is 3. The first kappa shape index (κ1) is 17.7. The van der Waals surface area contributed by atoms with Gasteiger partial charge >= 0.3 is 0 Å². The van der Waals surface area contributed by atoms with Crippen molar-refractivity contribution in [1.82, 2.24) is 4.98 Å². The van der Waals surface area contributed by atoms with E-state index in [2.05, 4.69) is 10.3 Å². The summed E-state index contributed by atoms with van der Waals surface area (Å²) in [4.78, 5) is 16.9. The van der Waals surface area contributed by atoms with Gasteiger partial charge in [0.25, 0.3) is 5.91 Å². The standard InChI is InChI=1S/C21H22N2O3/c1-13-6-5-7-14(2)21(13)23-20(24)12-26-19-10-15(3)22-18-9-8-16(25-4)11-17(18)19/h5-11H,12H2,1-4H3,(H,23,24). The SMILES string of the molecule is COc1ccc2nc(C)cc(OCC(=O)Nc3c(C)cccc3C)c2c1. The molecule has 3 rings (SSSR count). The van der Waals surface area contributed by atoms with Crippen molar-refractivity contribution in [2.75, 3.05) is 19.0 Å². The number of carbonyl (C=O) groups excluding carboxylic acids is 1. The number of methoxy groups -OCH3 is 1. The molecular formula is C21H22N2O3. The fourth-order valence-corrected chi connectivity index (χ4v) is 2.88. The fraction of sp³-hybridized carbons (Fsp3) is 0.238. The second-order valence-electron chi connectivity index (χ2n) is 6.25. The summed E-state index contributed by atoms with van der Waals surface area (Å²) in [7, 11) is 1.61. The molecule has 5 heteroatoms. The number of nitrogens with one attached hydrogen (secondary N) is 1. The topological polar surface area (TPSA) is 60.5 Å². The van der Waals surface area contributed by atoms with Crippen molar-refractivity contribution >= 4 is 22.5 Å². The second kappa shape index (κ2) is 7.44. The van der Waals surface area contributed by atoms with E-state index < -0.39 is 0 Å². The highest BCUT2D eigenvalue weighted by Gasteiger charge is 2.11. The van der Waals surface area contributed by atoms with Crippen LogP contribution in [0.15, 0.2) is 42.5 Å². The van der Waals surface area contributed by atoms with Crippen LogP contribution in [0.2, 0.25) is 0 Å². The van der Waals surface area contributed by atoms with Crippen LogP contribution in [0, 0.1) is 20.8 Å². The number of rotatable bonds is 5. The van der Waals surface area contributed by atoms with Crippen LogP contribution in [0.3, 0.4) is 0 Å². The van der Waals surface area contributed by atoms with Crippen LogP contribution < -0.4 is 14.8 Å². The zero-order valence-corrected chi connectivity index (χ0v) is 15.4. The van der Waals surface area contributed by atoms with Crippen molar-refractivity contribution in [3.63, 3.8) is 0 Å². The third-order valence-corrected chi connectivity index (χ3v) is 4.21. The van der Waals surface area contributed by atoms with Crippen LogP contribution in [0.1, 0.15) is 16.8 Å². The van der Waals surface area contributed by atoms with Gasteiger partial charge in [-0.3, -0.25) is 9.78 Å². The Bertz CT molecular complexity index is 947. The summed E-state index contributed by atoms with van der Waals surface area (Å²) < 4.78 is 11.1. The molecule has 0 radical (unpaired) electrons. The minimum Gasteiger partial charge on any atom is -0.497 e. The maximum absolute atomic E-state index is 12.4. The lowest BCUT2D eigenvalue weighted by Gasteiger charge is -2.13. The molecule has 26 heavy (non-hydrogen) atoms. The minimum absolute atomic E-state index is 0.0798. The Kier molecular flexibility index (Phi) is 5.07. The van der Waals surface area contributed by atoms with Crippen LogP contribution >= 0.6 is 0 Å². The van der Waals surface area contributed by atoms with Gasteiger partial charge in [0.05, 0.1) is 12.6 Å². The number of hydrogen-bond acceptors (Lipinski definition) is 4. The normalized spacial score (nSPS) is 10.6. The number of nitrogens with zero attached hydrogens (tertiary/aromatic N) is 1. The van der Waals surface area contributed by atoms with E-state index in [0.717, 1.165) is 33.4 Å². The molecule has 5 nitrogen and oxygen atoms in total. The molecule has 0 saturated carbocycles. The molecule has 0 unspecified atom stereocenters. The van der Waals surface area contributed by atoms with E-state index >= 15 is 0 Å². The van der Waals surface area contributed by atoms with Gasteiger partial charge in [-0.2, -0.15) is 0 Å². The van der Waals surface area contributed by atoms with Gasteiger partial charge in [-0.25, -0.2) is 0 Å². The van der Waals surface area contributed by atoms with Gasteiger partial charge in [0.15, 0.2) is 6.61 Å². The quantitative estimate of drug-likeness (QED) is 0.750. The van der Waals surface area contributed by atoms with E-state index in [4.69, 9.17) is 9.47 Å². The molecule has 0 bridgehead atoms. The van der Waals surface area contributed by atoms with Crippen LogP contribution in [0.5, 0.6) is 11.5 Å². The smallest absolute Gasteiger partial charge is 0.262 e. The van der Waals surface area contributed by atoms with Gasteiger partial charge in [-0.1, -0.05) is 18.2 Å². The van der Waals surface area contributed by atoms with Gasteiger partial charge in [0.1, 0.15) is 11.5 Å². The molecule has 0 atom stereocenters. The number of amides is 1. The third kappa shape index (κ3) is 3.77. The zero-order valence-electron chi connectivity index (χ0n) is 15.4. The zero-order chi connectivity index (χ0) is 18.7. The highest BCUT2D eigenvalue weighted by molar-refractivity contribution is 5.94. The molecule has 1 amide bonds. The van der Waals surface area contributed by atoms with Crippen LogP contribution in [-0.2, 0) is 4.79 Å². The summed E-state index contributed by atoms with van der Waals surface area (Å²) in [6.45, 7) is 5.75. The fourth-order valence-electron chi connectivity index (χ4n) is 2.88. The molecule has 0 fully saturated rings. The Morgan fingerprint density at radius 1 is 1.08 bits per heavy atom. The van der Waals surface area contributed by atoms with Gasteiger partial charge in [0.2, 0.25) is 0 Å². The number of anilines is 1. The van der Waals surface area contributed by atoms with Crippen molar-refractivity contribution in [3.05, 3.63) is 59.3 Å². The lowest BCUT2D eigenvalue weighted by atomic mass is 10.1. The number of fused-ring (bicyclic) bond motifs is 1. The number of carbonyl (C=O) groups is 1. The highest BCUT2D eigenvalue weighted by atomic mass is 16.5. The van der Waals surface area contributed by atoms with E-state index in [1.165, 1.54) is 0 Å². The molecule has 0 aliphatic heterocycles. The molecule has 134 valence electrons. The van der Waals surface area contributed by atoms with E-state index in [-0.39, 0.29) is 12.5 Å². The Morgan fingerprint density at radius 3 is 2.50 bits per heavy atom. The van der Waals surface area contributed by atoms with Crippen molar-refractivity contribution in [2.45, 2.75) is 20.8 Å². The van der Waals surface area contributed by atoms with Crippen molar-refractivity contribution in [3.8, 4) is 11.5 Å². The first-order valence-electron chi connectivity index (χ1n) is 8.42.